The molecule has 15 heteroatoms. The van der Waals surface area contributed by atoms with E-state index in [-0.39, 0.29) is 65.6 Å². The number of hydrogen-bond donors (Lipinski definition) is 0. The van der Waals surface area contributed by atoms with Crippen molar-refractivity contribution in [3.8, 4) is 0 Å². The van der Waals surface area contributed by atoms with E-state index in [0.717, 1.165) is 5.52 Å². The Morgan fingerprint density at radius 1 is 0.621 bits per heavy atom. The maximum Gasteiger partial charge on any atom is 4.00 e. The van der Waals surface area contributed by atoms with Crippen molar-refractivity contribution in [3.63, 3.8) is 0 Å². The molecule has 13 nitrogen and oxygen atoms in total. The van der Waals surface area contributed by atoms with E-state index in [4.69, 9.17) is 60.0 Å². The fourth-order valence-electron chi connectivity index (χ4n) is 1.02. The molecule has 1 aromatic carbocycles. The second-order valence-corrected chi connectivity index (χ2v) is 3.20. The molecule has 1 aromatic heterocycles. The van der Waals surface area contributed by atoms with E-state index in [1.165, 1.54) is 5.39 Å². The summed E-state index contributed by atoms with van der Waals surface area (Å²) in [4.78, 5) is 37.5. The van der Waals surface area contributed by atoms with Gasteiger partial charge in [0.2, 0.25) is 0 Å². The number of nitrogens with zero attached hydrogens (tertiary/aromatic N) is 1. The molecule has 0 saturated heterocycles. The standard InChI is InChI=1S/C9H7N.4CH2O3.C.Ca.Pd/c1-2-6-9-8(4-1)5-3-7-10-9;4*2-1(3)4;;;/h1-7H;4*(H2,2,3,4);;;/q;;;;;+4;2*+2/p-8. The van der Waals surface area contributed by atoms with E-state index in [9.17, 15) is 0 Å². The van der Waals surface area contributed by atoms with Gasteiger partial charge >= 0.3 is 65.6 Å². The van der Waals surface area contributed by atoms with Crippen LogP contribution in [0.5, 0.6) is 0 Å². The Morgan fingerprint density at radius 2 is 0.897 bits per heavy atom. The number of carbonyl (C=O) groups is 4. The van der Waals surface area contributed by atoms with Gasteiger partial charge in [-0.05, 0) is 36.8 Å². The molecule has 2 rings (SSSR count). The third kappa shape index (κ3) is 58.6. The first-order chi connectivity index (χ1) is 11.9. The number of pyridine rings is 1. The summed E-state index contributed by atoms with van der Waals surface area (Å²) in [6.45, 7) is 0. The molecule has 0 aliphatic heterocycles. The summed E-state index contributed by atoms with van der Waals surface area (Å²) in [5.41, 5.74) is 1.06. The molecule has 0 saturated carbocycles. The normalized spacial score (nSPS) is 6.76. The fraction of sp³-hybridized carbons (Fsp3) is 0. The SMILES string of the molecule is O=C([O-])[O-].O=C([O-])[O-].O=C([O-])[O-].O=C([O-])[O-].[C+4].[Ca+2].[Pd+2].c1ccc2ncccc2c1. The number of hydrogen-bond acceptors (Lipinski definition) is 13. The zero-order valence-electron chi connectivity index (χ0n) is 13.9. The summed E-state index contributed by atoms with van der Waals surface area (Å²) in [5.74, 6) is 0. The average Bonchev–Trinajstić information content (AvgIpc) is 2.45. The fourth-order valence-corrected chi connectivity index (χ4v) is 1.02. The second kappa shape index (κ2) is 27.8. The molecular formula is C14H7CaNO12Pd. The maximum atomic E-state index is 8.33. The van der Waals surface area contributed by atoms with Gasteiger partial charge in [0, 0.05) is 11.6 Å². The van der Waals surface area contributed by atoms with E-state index in [0.29, 0.717) is 0 Å². The van der Waals surface area contributed by atoms with E-state index in [2.05, 4.69) is 17.1 Å². The van der Waals surface area contributed by atoms with Gasteiger partial charge in [-0.25, -0.2) is 0 Å². The van der Waals surface area contributed by atoms with Gasteiger partial charge < -0.3 is 60.0 Å². The van der Waals surface area contributed by atoms with Crippen molar-refractivity contribution in [3.05, 3.63) is 50.0 Å². The van der Waals surface area contributed by atoms with Crippen molar-refractivity contribution in [2.45, 2.75) is 0 Å². The molecule has 0 fully saturated rings. The van der Waals surface area contributed by atoms with Gasteiger partial charge in [-0.2, -0.15) is 0 Å². The molecule has 152 valence electrons. The zero-order valence-corrected chi connectivity index (χ0v) is 17.7. The Labute approximate surface area is 207 Å². The van der Waals surface area contributed by atoms with Crippen LogP contribution < -0.4 is 40.9 Å². The molecule has 0 bridgehead atoms. The molecule has 1 heterocycles. The third-order valence-electron chi connectivity index (χ3n) is 1.51. The molecule has 0 amide bonds. The van der Waals surface area contributed by atoms with Crippen LogP contribution >= 0.6 is 0 Å². The number of fused-ring (bicyclic) bond motifs is 1. The summed E-state index contributed by atoms with van der Waals surface area (Å²) in [6.07, 6.45) is -7.53. The maximum absolute atomic E-state index is 8.33. The summed E-state index contributed by atoms with van der Waals surface area (Å²) < 4.78 is 0. The minimum absolute atomic E-state index is 0. The number of benzene rings is 1. The third-order valence-corrected chi connectivity index (χ3v) is 1.51. The van der Waals surface area contributed by atoms with E-state index in [1.807, 2.05) is 30.5 Å². The molecule has 0 atom stereocenters. The van der Waals surface area contributed by atoms with Crippen molar-refractivity contribution in [2.24, 2.45) is 0 Å². The smallest absolute Gasteiger partial charge is 0.652 e. The summed E-state index contributed by atoms with van der Waals surface area (Å²) >= 11 is 0. The van der Waals surface area contributed by atoms with Gasteiger partial charge in [-0.1, -0.05) is 24.3 Å². The Bertz CT molecular complexity index is 572. The molecule has 2 aromatic rings. The zero-order chi connectivity index (χ0) is 21.1. The number of aromatic nitrogens is 1. The van der Waals surface area contributed by atoms with E-state index < -0.39 is 24.6 Å². The first-order valence-electron chi connectivity index (χ1n) is 5.71. The molecule has 0 radical (unpaired) electrons. The average molecular weight is 528 g/mol. The van der Waals surface area contributed by atoms with Crippen LogP contribution in [0.25, 0.3) is 10.9 Å². The number of carboxylic acid groups (broad SMARTS) is 8. The van der Waals surface area contributed by atoms with Crippen LogP contribution in [0.4, 0.5) is 19.2 Å². The van der Waals surface area contributed by atoms with Gasteiger partial charge in [0.15, 0.2) is 0 Å². The molecule has 0 spiro atoms. The second-order valence-electron chi connectivity index (χ2n) is 3.20. The molecular weight excluding hydrogens is 521 g/mol. The molecule has 0 N–H and O–H groups in total. The number of para-hydroxylation sites is 1. The van der Waals surface area contributed by atoms with E-state index >= 15 is 0 Å². The quantitative estimate of drug-likeness (QED) is 0.288. The minimum Gasteiger partial charge on any atom is -0.652 e. The minimum atomic E-state index is -2.33. The largest absolute Gasteiger partial charge is 4.00 e. The van der Waals surface area contributed by atoms with Gasteiger partial charge in [0.25, 0.3) is 0 Å². The number of carbonyl (C=O) groups excluding carboxylic acids is 4. The van der Waals surface area contributed by atoms with Crippen LogP contribution in [0.15, 0.2) is 42.6 Å². The molecule has 0 aliphatic carbocycles. The Kier molecular flexibility index (Phi) is 39.5. The van der Waals surface area contributed by atoms with E-state index in [1.54, 1.807) is 0 Å². The Balaban J connectivity index is -0.0000000609. The molecule has 29 heavy (non-hydrogen) atoms. The van der Waals surface area contributed by atoms with Crippen LogP contribution in [0.1, 0.15) is 0 Å². The topological polar surface area (TPSA) is 266 Å². The predicted molar refractivity (Wildman–Crippen MR) is 72.3 cm³/mol. The van der Waals surface area contributed by atoms with Gasteiger partial charge in [-0.15, -0.1) is 0 Å². The van der Waals surface area contributed by atoms with Gasteiger partial charge in [0.05, 0.1) is 5.52 Å². The van der Waals surface area contributed by atoms with Gasteiger partial charge in [0.1, 0.15) is 0 Å². The van der Waals surface area contributed by atoms with Crippen LogP contribution in [0.3, 0.4) is 0 Å². The monoisotopic (exact) mass is 527 g/mol. The first kappa shape index (κ1) is 41.1. The van der Waals surface area contributed by atoms with Crippen molar-refractivity contribution >= 4 is 73.3 Å². The summed E-state index contributed by atoms with van der Waals surface area (Å²) in [5, 5.41) is 67.9. The first-order valence-corrected chi connectivity index (χ1v) is 5.71. The molecule has 0 unspecified atom stereocenters. The Morgan fingerprint density at radius 3 is 1.21 bits per heavy atom. The summed E-state index contributed by atoms with van der Waals surface area (Å²) in [7, 11) is 0. The van der Waals surface area contributed by atoms with Crippen LogP contribution in [-0.2, 0) is 20.4 Å². The van der Waals surface area contributed by atoms with Gasteiger partial charge in [-0.3, -0.25) is 4.98 Å². The van der Waals surface area contributed by atoms with Crippen molar-refractivity contribution in [2.75, 3.05) is 0 Å². The Hall–Kier alpha value is -2.37. The van der Waals surface area contributed by atoms with Crippen molar-refractivity contribution in [1.82, 2.24) is 4.98 Å². The number of rotatable bonds is 0. The van der Waals surface area contributed by atoms with Crippen molar-refractivity contribution < 1.29 is 80.5 Å². The predicted octanol–water partition coefficient (Wildman–Crippen LogP) is -7.86. The van der Waals surface area contributed by atoms with Crippen LogP contribution in [0.2, 0.25) is 0 Å². The van der Waals surface area contributed by atoms with Crippen LogP contribution in [0, 0.1) is 7.43 Å². The molecule has 0 aliphatic rings. The summed E-state index contributed by atoms with van der Waals surface area (Å²) in [6, 6.07) is 12.1. The van der Waals surface area contributed by atoms with Crippen LogP contribution in [-0.4, -0.2) is 67.3 Å². The van der Waals surface area contributed by atoms with Crippen molar-refractivity contribution in [1.29, 1.82) is 0 Å².